The van der Waals surface area contributed by atoms with Crippen LogP contribution in [0.2, 0.25) is 0 Å². The third-order valence-electron chi connectivity index (χ3n) is 6.29. The maximum Gasteiger partial charge on any atom is 0.0763 e. The van der Waals surface area contributed by atoms with Crippen molar-refractivity contribution >= 4 is 0 Å². The molecule has 156 valence electrons. The van der Waals surface area contributed by atoms with Crippen LogP contribution in [0.25, 0.3) is 0 Å². The molecule has 29 heavy (non-hydrogen) atoms. The molecule has 4 heteroatoms. The van der Waals surface area contributed by atoms with E-state index in [9.17, 15) is 0 Å². The zero-order valence-electron chi connectivity index (χ0n) is 17.7. The maximum absolute atomic E-state index is 6.47. The molecule has 0 bridgehead atoms. The molecule has 0 aliphatic carbocycles. The van der Waals surface area contributed by atoms with Crippen molar-refractivity contribution in [1.82, 2.24) is 10.2 Å². The van der Waals surface area contributed by atoms with E-state index in [0.717, 1.165) is 25.9 Å². The van der Waals surface area contributed by atoms with Crippen molar-refractivity contribution in [3.8, 4) is 0 Å². The van der Waals surface area contributed by atoms with Gasteiger partial charge in [0.1, 0.15) is 0 Å². The molecule has 2 aliphatic rings. The summed E-state index contributed by atoms with van der Waals surface area (Å²) in [5.74, 6) is 0. The minimum Gasteiger partial charge on any atom is -0.372 e. The van der Waals surface area contributed by atoms with E-state index < -0.39 is 0 Å². The predicted molar refractivity (Wildman–Crippen MR) is 117 cm³/mol. The number of rotatable bonds is 8. The maximum atomic E-state index is 6.47. The normalized spacial score (nSPS) is 27.7. The van der Waals surface area contributed by atoms with Gasteiger partial charge in [-0.2, -0.15) is 0 Å². The first-order chi connectivity index (χ1) is 14.2. The largest absolute Gasteiger partial charge is 0.372 e. The van der Waals surface area contributed by atoms with Gasteiger partial charge in [-0.25, -0.2) is 0 Å². The van der Waals surface area contributed by atoms with Crippen molar-refractivity contribution in [2.24, 2.45) is 0 Å². The lowest BCUT2D eigenvalue weighted by Crippen LogP contribution is -2.55. The fourth-order valence-corrected chi connectivity index (χ4v) is 4.82. The fourth-order valence-electron chi connectivity index (χ4n) is 4.82. The summed E-state index contributed by atoms with van der Waals surface area (Å²) in [5, 5.41) is 3.75. The van der Waals surface area contributed by atoms with Crippen molar-refractivity contribution < 1.29 is 9.47 Å². The van der Waals surface area contributed by atoms with Gasteiger partial charge >= 0.3 is 0 Å². The van der Waals surface area contributed by atoms with Crippen molar-refractivity contribution in [2.45, 2.75) is 70.2 Å². The molecule has 4 atom stereocenters. The van der Waals surface area contributed by atoms with Crippen LogP contribution in [0, 0.1) is 0 Å². The molecule has 0 radical (unpaired) electrons. The molecule has 2 aliphatic heterocycles. The first-order valence-electron chi connectivity index (χ1n) is 11.0. The molecule has 0 saturated carbocycles. The van der Waals surface area contributed by atoms with Gasteiger partial charge in [-0.1, -0.05) is 60.7 Å². The molecule has 0 unspecified atom stereocenters. The minimum absolute atomic E-state index is 0.224. The third-order valence-corrected chi connectivity index (χ3v) is 6.29. The molecule has 2 heterocycles. The molecule has 4 nitrogen and oxygen atoms in total. The summed E-state index contributed by atoms with van der Waals surface area (Å²) in [4.78, 5) is 2.61. The number of likely N-dealkylation sites (tertiary alicyclic amines) is 1. The molecule has 2 fully saturated rings. The number of benzene rings is 2. The Balaban J connectivity index is 1.43. The van der Waals surface area contributed by atoms with E-state index in [2.05, 4.69) is 84.7 Å². The average Bonchev–Trinajstić information content (AvgIpc) is 3.38. The third kappa shape index (κ3) is 5.07. The standard InChI is InChI=1S/C25H34N2O2/c1-19(2)27-16-14-23(29-18-21-11-7-4-8-12-21)25(27)24-22(13-15-26-24)28-17-20-9-5-3-6-10-20/h3-12,19,22-26H,13-18H2,1-2H3/t22-,23-,24-,25-/m1/s1. The molecule has 0 spiro atoms. The van der Waals surface area contributed by atoms with Crippen LogP contribution in [-0.2, 0) is 22.7 Å². The smallest absolute Gasteiger partial charge is 0.0763 e. The Morgan fingerprint density at radius 3 is 2.03 bits per heavy atom. The van der Waals surface area contributed by atoms with Gasteiger partial charge in [0.15, 0.2) is 0 Å². The number of nitrogens with one attached hydrogen (secondary N) is 1. The predicted octanol–water partition coefficient (Wildman–Crippen LogP) is 4.00. The molecular formula is C25H34N2O2. The van der Waals surface area contributed by atoms with Gasteiger partial charge in [0, 0.05) is 12.6 Å². The minimum atomic E-state index is 0.224. The first kappa shape index (κ1) is 20.5. The van der Waals surface area contributed by atoms with Gasteiger partial charge in [-0.05, 0) is 44.4 Å². The van der Waals surface area contributed by atoms with E-state index in [1.165, 1.54) is 11.1 Å². The van der Waals surface area contributed by atoms with Crippen LogP contribution in [-0.4, -0.2) is 48.3 Å². The molecule has 1 N–H and O–H groups in total. The number of hydrogen-bond acceptors (Lipinski definition) is 4. The van der Waals surface area contributed by atoms with Crippen molar-refractivity contribution in [2.75, 3.05) is 13.1 Å². The first-order valence-corrected chi connectivity index (χ1v) is 11.0. The van der Waals surface area contributed by atoms with Crippen LogP contribution in [0.3, 0.4) is 0 Å². The van der Waals surface area contributed by atoms with Crippen LogP contribution in [0.4, 0.5) is 0 Å². The van der Waals surface area contributed by atoms with E-state index in [0.29, 0.717) is 31.3 Å². The van der Waals surface area contributed by atoms with Gasteiger partial charge in [0.05, 0.1) is 37.5 Å². The van der Waals surface area contributed by atoms with Gasteiger partial charge in [0.25, 0.3) is 0 Å². The second-order valence-electron chi connectivity index (χ2n) is 8.55. The second kappa shape index (κ2) is 9.86. The molecule has 2 aromatic rings. The summed E-state index contributed by atoms with van der Waals surface area (Å²) in [6.45, 7) is 8.04. The highest BCUT2D eigenvalue weighted by Gasteiger charge is 2.46. The summed E-state index contributed by atoms with van der Waals surface area (Å²) < 4.78 is 12.9. The quantitative estimate of drug-likeness (QED) is 0.734. The molecule has 0 amide bonds. The Morgan fingerprint density at radius 2 is 1.45 bits per heavy atom. The van der Waals surface area contributed by atoms with Crippen LogP contribution in [0.15, 0.2) is 60.7 Å². The number of ether oxygens (including phenoxy) is 2. The van der Waals surface area contributed by atoms with Crippen LogP contribution < -0.4 is 5.32 Å². The monoisotopic (exact) mass is 394 g/mol. The Bertz CT molecular complexity index is 737. The highest BCUT2D eigenvalue weighted by atomic mass is 16.5. The van der Waals surface area contributed by atoms with Gasteiger partial charge < -0.3 is 14.8 Å². The number of nitrogens with zero attached hydrogens (tertiary/aromatic N) is 1. The van der Waals surface area contributed by atoms with E-state index in [1.807, 2.05) is 0 Å². The van der Waals surface area contributed by atoms with Gasteiger partial charge in [-0.3, -0.25) is 4.90 Å². The van der Waals surface area contributed by atoms with E-state index >= 15 is 0 Å². The van der Waals surface area contributed by atoms with Gasteiger partial charge in [0.2, 0.25) is 0 Å². The van der Waals surface area contributed by atoms with Crippen LogP contribution in [0.5, 0.6) is 0 Å². The molecule has 0 aromatic heterocycles. The van der Waals surface area contributed by atoms with Crippen LogP contribution in [0.1, 0.15) is 37.8 Å². The zero-order chi connectivity index (χ0) is 20.1. The fraction of sp³-hybridized carbons (Fsp3) is 0.520. The molecule has 4 rings (SSSR count). The van der Waals surface area contributed by atoms with Crippen molar-refractivity contribution in [1.29, 1.82) is 0 Å². The lowest BCUT2D eigenvalue weighted by Gasteiger charge is -2.37. The Kier molecular flexibility index (Phi) is 6.98. The van der Waals surface area contributed by atoms with Crippen molar-refractivity contribution in [3.05, 3.63) is 71.8 Å². The Morgan fingerprint density at radius 1 is 0.862 bits per heavy atom. The van der Waals surface area contributed by atoms with E-state index in [1.54, 1.807) is 0 Å². The van der Waals surface area contributed by atoms with E-state index in [4.69, 9.17) is 9.47 Å². The topological polar surface area (TPSA) is 33.7 Å². The second-order valence-corrected chi connectivity index (χ2v) is 8.55. The zero-order valence-corrected chi connectivity index (χ0v) is 17.7. The Labute approximate surface area is 175 Å². The van der Waals surface area contributed by atoms with Crippen molar-refractivity contribution in [3.63, 3.8) is 0 Å². The summed E-state index contributed by atoms with van der Waals surface area (Å²) >= 11 is 0. The summed E-state index contributed by atoms with van der Waals surface area (Å²) in [6.07, 6.45) is 2.60. The Hall–Kier alpha value is -1.72. The average molecular weight is 395 g/mol. The SMILES string of the molecule is CC(C)N1CC[C@@H](OCc2ccccc2)[C@@H]1[C@@H]1NCC[C@H]1OCc1ccccc1. The molecule has 2 aromatic carbocycles. The lowest BCUT2D eigenvalue weighted by molar-refractivity contribution is -0.0362. The summed E-state index contributed by atoms with van der Waals surface area (Å²) in [6, 6.07) is 22.1. The summed E-state index contributed by atoms with van der Waals surface area (Å²) in [5.41, 5.74) is 2.48. The number of hydrogen-bond donors (Lipinski definition) is 1. The van der Waals surface area contributed by atoms with E-state index in [-0.39, 0.29) is 12.2 Å². The highest BCUT2D eigenvalue weighted by Crippen LogP contribution is 2.31. The van der Waals surface area contributed by atoms with Crippen LogP contribution >= 0.6 is 0 Å². The summed E-state index contributed by atoms with van der Waals surface area (Å²) in [7, 11) is 0. The molecular weight excluding hydrogens is 360 g/mol. The highest BCUT2D eigenvalue weighted by molar-refractivity contribution is 5.15. The molecule has 2 saturated heterocycles. The van der Waals surface area contributed by atoms with Gasteiger partial charge in [-0.15, -0.1) is 0 Å². The lowest BCUT2D eigenvalue weighted by atomic mass is 9.98.